The smallest absolute Gasteiger partial charge is 0.329 e. The van der Waals surface area contributed by atoms with E-state index >= 15 is 0 Å². The van der Waals surface area contributed by atoms with Crippen molar-refractivity contribution in [2.75, 3.05) is 5.73 Å². The number of nitrogens with one attached hydrogen (secondary N) is 2. The molecule has 1 aliphatic carbocycles. The Hall–Kier alpha value is -2.12. The van der Waals surface area contributed by atoms with Crippen molar-refractivity contribution in [2.24, 2.45) is 5.92 Å². The molecule has 8 nitrogen and oxygen atoms in total. The minimum atomic E-state index is -1.22. The summed E-state index contributed by atoms with van der Waals surface area (Å²) in [7, 11) is 0. The number of hydrogen-bond donors (Lipinski definition) is 4. The molecule has 8 heteroatoms. The Kier molecular flexibility index (Phi) is 3.41. The number of aromatic nitrogens is 3. The summed E-state index contributed by atoms with van der Waals surface area (Å²) in [5.74, 6) is -1.25. The fourth-order valence-electron chi connectivity index (χ4n) is 2.30. The maximum absolute atomic E-state index is 12.0. The van der Waals surface area contributed by atoms with Crippen LogP contribution in [0.2, 0.25) is 0 Å². The molecule has 1 amide bonds. The van der Waals surface area contributed by atoms with Gasteiger partial charge in [0.25, 0.3) is 5.91 Å². The maximum atomic E-state index is 12.0. The normalized spacial score (nSPS) is 26.9. The summed E-state index contributed by atoms with van der Waals surface area (Å²) in [5, 5.41) is 17.9. The number of nitrogen functional groups attached to an aromatic ring is 1. The molecule has 0 aliphatic heterocycles. The fraction of sp³-hybridized carbons (Fsp3) is 0.636. The van der Waals surface area contributed by atoms with Crippen molar-refractivity contribution in [2.45, 2.75) is 38.1 Å². The van der Waals surface area contributed by atoms with Crippen LogP contribution in [0.1, 0.15) is 43.2 Å². The molecule has 1 saturated carbocycles. The Labute approximate surface area is 109 Å². The first-order valence-electron chi connectivity index (χ1n) is 6.17. The van der Waals surface area contributed by atoms with Crippen molar-refractivity contribution < 1.29 is 14.7 Å². The average molecular weight is 267 g/mol. The van der Waals surface area contributed by atoms with E-state index in [9.17, 15) is 14.7 Å². The predicted octanol–water partition coefficient (Wildman–Crippen LogP) is 0.150. The molecule has 1 aromatic rings. The minimum absolute atomic E-state index is 0.0493. The number of nitrogens with zero attached hydrogens (tertiary/aromatic N) is 2. The molecule has 1 aliphatic rings. The second kappa shape index (κ2) is 4.87. The number of amides is 1. The number of nitrogens with two attached hydrogens (primary N) is 1. The van der Waals surface area contributed by atoms with Gasteiger partial charge in [0.05, 0.1) is 0 Å². The van der Waals surface area contributed by atoms with E-state index in [0.717, 1.165) is 12.8 Å². The second-order valence-electron chi connectivity index (χ2n) is 5.07. The van der Waals surface area contributed by atoms with Gasteiger partial charge in [-0.05, 0) is 31.6 Å². The third-order valence-corrected chi connectivity index (χ3v) is 3.61. The van der Waals surface area contributed by atoms with Gasteiger partial charge in [0.1, 0.15) is 5.54 Å². The van der Waals surface area contributed by atoms with Crippen molar-refractivity contribution in [1.82, 2.24) is 20.5 Å². The highest BCUT2D eigenvalue weighted by Crippen LogP contribution is 2.32. The summed E-state index contributed by atoms with van der Waals surface area (Å²) in [6, 6.07) is 0. The number of H-pyrrole nitrogens is 1. The van der Waals surface area contributed by atoms with Gasteiger partial charge in [-0.15, -0.1) is 5.10 Å². The molecule has 19 heavy (non-hydrogen) atoms. The van der Waals surface area contributed by atoms with Crippen LogP contribution in [-0.4, -0.2) is 37.7 Å². The van der Waals surface area contributed by atoms with E-state index in [4.69, 9.17) is 5.73 Å². The van der Waals surface area contributed by atoms with Crippen LogP contribution in [0.25, 0.3) is 0 Å². The molecular weight excluding hydrogens is 250 g/mol. The van der Waals surface area contributed by atoms with Crippen LogP contribution in [0.5, 0.6) is 0 Å². The number of hydrogen-bond acceptors (Lipinski definition) is 5. The Morgan fingerprint density at radius 2 is 2.11 bits per heavy atom. The first kappa shape index (κ1) is 13.3. The van der Waals surface area contributed by atoms with Crippen molar-refractivity contribution in [3.05, 3.63) is 5.82 Å². The van der Waals surface area contributed by atoms with Crippen molar-refractivity contribution in [3.63, 3.8) is 0 Å². The van der Waals surface area contributed by atoms with E-state index in [-0.39, 0.29) is 11.8 Å². The van der Waals surface area contributed by atoms with Crippen molar-refractivity contribution in [3.8, 4) is 0 Å². The summed E-state index contributed by atoms with van der Waals surface area (Å²) in [5.41, 5.74) is 4.09. The molecule has 1 fully saturated rings. The van der Waals surface area contributed by atoms with Gasteiger partial charge < -0.3 is 16.2 Å². The Balaban J connectivity index is 2.13. The standard InChI is InChI=1S/C11H17N5O3/c1-6-2-4-11(5-3-6,9(18)19)14-8(17)7-13-10(12)16-15-7/h6H,2-5H2,1H3,(H,14,17)(H,18,19)(H3,12,13,15,16). The average Bonchev–Trinajstić information content (AvgIpc) is 2.79. The van der Waals surface area contributed by atoms with Gasteiger partial charge in [0, 0.05) is 0 Å². The zero-order valence-electron chi connectivity index (χ0n) is 10.6. The molecule has 0 radical (unpaired) electrons. The van der Waals surface area contributed by atoms with Crippen molar-refractivity contribution in [1.29, 1.82) is 0 Å². The first-order chi connectivity index (χ1) is 8.93. The lowest BCUT2D eigenvalue weighted by Crippen LogP contribution is -2.56. The highest BCUT2D eigenvalue weighted by atomic mass is 16.4. The molecule has 0 saturated heterocycles. The molecule has 0 aromatic carbocycles. The van der Waals surface area contributed by atoms with E-state index in [1.54, 1.807) is 0 Å². The van der Waals surface area contributed by atoms with Crippen LogP contribution in [0, 0.1) is 5.92 Å². The molecule has 2 rings (SSSR count). The van der Waals surface area contributed by atoms with E-state index < -0.39 is 17.4 Å². The lowest BCUT2D eigenvalue weighted by Gasteiger charge is -2.36. The minimum Gasteiger partial charge on any atom is -0.480 e. The number of rotatable bonds is 3. The molecule has 0 unspecified atom stereocenters. The highest BCUT2D eigenvalue weighted by Gasteiger charge is 2.43. The molecule has 0 bridgehead atoms. The SMILES string of the molecule is CC1CCC(NC(=O)c2nc(N)n[nH]2)(C(=O)O)CC1. The van der Waals surface area contributed by atoms with Gasteiger partial charge in [-0.2, -0.15) is 4.98 Å². The lowest BCUT2D eigenvalue weighted by atomic mass is 9.77. The van der Waals surface area contributed by atoms with E-state index in [2.05, 4.69) is 27.4 Å². The molecule has 0 spiro atoms. The van der Waals surface area contributed by atoms with E-state index in [1.165, 1.54) is 0 Å². The maximum Gasteiger partial charge on any atom is 0.329 e. The fourth-order valence-corrected chi connectivity index (χ4v) is 2.30. The van der Waals surface area contributed by atoms with Crippen LogP contribution in [-0.2, 0) is 4.79 Å². The summed E-state index contributed by atoms with van der Waals surface area (Å²) in [6.45, 7) is 2.07. The predicted molar refractivity (Wildman–Crippen MR) is 66.3 cm³/mol. The number of anilines is 1. The molecular formula is C11H17N5O3. The highest BCUT2D eigenvalue weighted by molar-refractivity contribution is 5.95. The zero-order chi connectivity index (χ0) is 14.0. The molecule has 1 aromatic heterocycles. The van der Waals surface area contributed by atoms with Gasteiger partial charge in [-0.1, -0.05) is 6.92 Å². The van der Waals surface area contributed by atoms with Crippen LogP contribution in [0.4, 0.5) is 5.95 Å². The summed E-state index contributed by atoms with van der Waals surface area (Å²) in [6.07, 6.45) is 2.37. The third-order valence-electron chi connectivity index (χ3n) is 3.61. The largest absolute Gasteiger partial charge is 0.480 e. The van der Waals surface area contributed by atoms with Crippen LogP contribution >= 0.6 is 0 Å². The monoisotopic (exact) mass is 267 g/mol. The topological polar surface area (TPSA) is 134 Å². The third kappa shape index (κ3) is 2.67. The number of carboxylic acid groups (broad SMARTS) is 1. The van der Waals surface area contributed by atoms with Crippen molar-refractivity contribution >= 4 is 17.8 Å². The van der Waals surface area contributed by atoms with E-state index in [1.807, 2.05) is 0 Å². The molecule has 1 heterocycles. The molecule has 0 atom stereocenters. The number of aromatic amines is 1. The Morgan fingerprint density at radius 1 is 1.47 bits per heavy atom. The molecule has 104 valence electrons. The van der Waals surface area contributed by atoms with Crippen LogP contribution in [0.3, 0.4) is 0 Å². The van der Waals surface area contributed by atoms with Crippen LogP contribution < -0.4 is 11.1 Å². The quantitative estimate of drug-likeness (QED) is 0.616. The van der Waals surface area contributed by atoms with Crippen LogP contribution in [0.15, 0.2) is 0 Å². The van der Waals surface area contributed by atoms with Gasteiger partial charge >= 0.3 is 5.97 Å². The second-order valence-corrected chi connectivity index (χ2v) is 5.07. The Morgan fingerprint density at radius 3 is 2.58 bits per heavy atom. The first-order valence-corrected chi connectivity index (χ1v) is 6.17. The number of carbonyl (C=O) groups excluding carboxylic acids is 1. The lowest BCUT2D eigenvalue weighted by molar-refractivity contribution is -0.146. The Bertz CT molecular complexity index is 490. The molecule has 5 N–H and O–H groups in total. The van der Waals surface area contributed by atoms with E-state index in [0.29, 0.717) is 18.8 Å². The van der Waals surface area contributed by atoms with Gasteiger partial charge in [0.15, 0.2) is 0 Å². The number of aliphatic carboxylic acids is 1. The van der Waals surface area contributed by atoms with Gasteiger partial charge in [-0.25, -0.2) is 4.79 Å². The number of carbonyl (C=O) groups is 2. The van der Waals surface area contributed by atoms with Gasteiger partial charge in [0.2, 0.25) is 11.8 Å². The zero-order valence-corrected chi connectivity index (χ0v) is 10.6. The summed E-state index contributed by atoms with van der Waals surface area (Å²) in [4.78, 5) is 27.1. The summed E-state index contributed by atoms with van der Waals surface area (Å²) >= 11 is 0. The number of carboxylic acids is 1. The van der Waals surface area contributed by atoms with Gasteiger partial charge in [-0.3, -0.25) is 9.89 Å². The summed E-state index contributed by atoms with van der Waals surface area (Å²) < 4.78 is 0.